The summed E-state index contributed by atoms with van der Waals surface area (Å²) in [5.74, 6) is 0. The molecule has 0 unspecified atom stereocenters. The summed E-state index contributed by atoms with van der Waals surface area (Å²) >= 11 is 0. The van der Waals surface area contributed by atoms with E-state index < -0.39 is 6.09 Å². The van der Waals surface area contributed by atoms with E-state index in [2.05, 4.69) is 11.9 Å². The second-order valence-electron chi connectivity index (χ2n) is 5.58. The molecule has 0 saturated carbocycles. The van der Waals surface area contributed by atoms with Crippen molar-refractivity contribution in [3.05, 3.63) is 12.7 Å². The van der Waals surface area contributed by atoms with Crippen LogP contribution in [0.15, 0.2) is 12.7 Å². The molecule has 122 valence electrons. The van der Waals surface area contributed by atoms with Crippen LogP contribution in [0, 0.1) is 0 Å². The molecule has 0 aromatic carbocycles. The Morgan fingerprint density at radius 2 is 1.95 bits per heavy atom. The summed E-state index contributed by atoms with van der Waals surface area (Å²) < 4.78 is 5.82. The van der Waals surface area contributed by atoms with Gasteiger partial charge in [-0.2, -0.15) is 0 Å². The van der Waals surface area contributed by atoms with Gasteiger partial charge in [-0.25, -0.2) is 4.79 Å². The highest BCUT2D eigenvalue weighted by molar-refractivity contribution is 5.64. The van der Waals surface area contributed by atoms with Crippen molar-refractivity contribution in [3.8, 4) is 0 Å². The van der Waals surface area contributed by atoms with E-state index in [1.54, 1.807) is 0 Å². The van der Waals surface area contributed by atoms with Crippen molar-refractivity contribution in [1.29, 1.82) is 0 Å². The van der Waals surface area contributed by atoms with Gasteiger partial charge in [-0.3, -0.25) is 0 Å². The third-order valence-corrected chi connectivity index (χ3v) is 3.84. The number of ether oxygens (including phenoxy) is 1. The van der Waals surface area contributed by atoms with Crippen LogP contribution in [0.4, 0.5) is 4.79 Å². The molecule has 0 spiro atoms. The smallest absolute Gasteiger partial charge is 0.407 e. The van der Waals surface area contributed by atoms with E-state index in [1.807, 2.05) is 6.08 Å². The minimum atomic E-state index is -0.810. The lowest BCUT2D eigenvalue weighted by atomic mass is 10.1. The third kappa shape index (κ3) is 8.73. The van der Waals surface area contributed by atoms with Gasteiger partial charge in [0.05, 0.1) is 6.10 Å². The molecule has 5 nitrogen and oxygen atoms in total. The maximum absolute atomic E-state index is 10.8. The van der Waals surface area contributed by atoms with Crippen molar-refractivity contribution in [1.82, 2.24) is 10.2 Å². The van der Waals surface area contributed by atoms with Crippen LogP contribution >= 0.6 is 0 Å². The maximum Gasteiger partial charge on any atom is 0.407 e. The number of nitrogens with zero attached hydrogens (tertiary/aromatic N) is 1. The lowest BCUT2D eigenvalue weighted by Gasteiger charge is -2.29. The molecule has 0 bridgehead atoms. The van der Waals surface area contributed by atoms with Crippen molar-refractivity contribution in [2.24, 2.45) is 0 Å². The zero-order valence-electron chi connectivity index (χ0n) is 13.1. The number of rotatable bonds is 11. The van der Waals surface area contributed by atoms with E-state index >= 15 is 0 Å². The number of carbonyl (C=O) groups is 1. The first kappa shape index (κ1) is 18.0. The van der Waals surface area contributed by atoms with Crippen LogP contribution in [0.2, 0.25) is 0 Å². The second-order valence-corrected chi connectivity index (χ2v) is 5.58. The van der Waals surface area contributed by atoms with Crippen LogP contribution in [0.25, 0.3) is 0 Å². The first-order valence-corrected chi connectivity index (χ1v) is 8.15. The Hall–Kier alpha value is -1.07. The molecule has 1 fully saturated rings. The molecule has 1 rings (SSSR count). The SMILES string of the molecule is C=CCCNCCCCCCOC1CCN(C(=O)O)CC1. The number of unbranched alkanes of at least 4 members (excludes halogenated alkanes) is 3. The Balaban J connectivity index is 1.85. The number of likely N-dealkylation sites (tertiary alicyclic amines) is 1. The summed E-state index contributed by atoms with van der Waals surface area (Å²) in [5, 5.41) is 12.3. The minimum absolute atomic E-state index is 0.251. The molecule has 0 aromatic rings. The number of nitrogens with one attached hydrogen (secondary N) is 1. The molecule has 5 heteroatoms. The predicted molar refractivity (Wildman–Crippen MR) is 84.7 cm³/mol. The van der Waals surface area contributed by atoms with Crippen LogP contribution in [-0.4, -0.2) is 55.0 Å². The van der Waals surface area contributed by atoms with Crippen molar-refractivity contribution < 1.29 is 14.6 Å². The fraction of sp³-hybridized carbons (Fsp3) is 0.812. The largest absolute Gasteiger partial charge is 0.465 e. The summed E-state index contributed by atoms with van der Waals surface area (Å²) in [6, 6.07) is 0. The maximum atomic E-state index is 10.8. The number of hydrogen-bond acceptors (Lipinski definition) is 3. The molecule has 0 radical (unpaired) electrons. The van der Waals surface area contributed by atoms with Gasteiger partial charge in [0, 0.05) is 19.7 Å². The van der Waals surface area contributed by atoms with Gasteiger partial charge in [-0.05, 0) is 45.2 Å². The van der Waals surface area contributed by atoms with E-state index in [4.69, 9.17) is 9.84 Å². The monoisotopic (exact) mass is 298 g/mol. The van der Waals surface area contributed by atoms with Gasteiger partial charge in [-0.1, -0.05) is 18.9 Å². The number of hydrogen-bond donors (Lipinski definition) is 2. The highest BCUT2D eigenvalue weighted by Gasteiger charge is 2.22. The van der Waals surface area contributed by atoms with Crippen LogP contribution < -0.4 is 5.32 Å². The van der Waals surface area contributed by atoms with Crippen molar-refractivity contribution >= 4 is 6.09 Å². The van der Waals surface area contributed by atoms with Gasteiger partial charge in [0.1, 0.15) is 0 Å². The van der Waals surface area contributed by atoms with E-state index in [0.29, 0.717) is 13.1 Å². The quantitative estimate of drug-likeness (QED) is 0.455. The highest BCUT2D eigenvalue weighted by atomic mass is 16.5. The third-order valence-electron chi connectivity index (χ3n) is 3.84. The van der Waals surface area contributed by atoms with Crippen LogP contribution in [0.3, 0.4) is 0 Å². The molecule has 0 aliphatic carbocycles. The molecule has 1 heterocycles. The van der Waals surface area contributed by atoms with Gasteiger partial charge in [0.25, 0.3) is 0 Å². The summed E-state index contributed by atoms with van der Waals surface area (Å²) in [6.07, 6.45) is 8.84. The van der Waals surface area contributed by atoms with Crippen LogP contribution in [-0.2, 0) is 4.74 Å². The summed E-state index contributed by atoms with van der Waals surface area (Å²) in [4.78, 5) is 12.3. The zero-order chi connectivity index (χ0) is 15.3. The van der Waals surface area contributed by atoms with Crippen LogP contribution in [0.1, 0.15) is 44.9 Å². The first-order valence-electron chi connectivity index (χ1n) is 8.15. The van der Waals surface area contributed by atoms with Gasteiger partial charge >= 0.3 is 6.09 Å². The van der Waals surface area contributed by atoms with Gasteiger partial charge in [-0.15, -0.1) is 6.58 Å². The van der Waals surface area contributed by atoms with E-state index in [1.165, 1.54) is 24.2 Å². The highest BCUT2D eigenvalue weighted by Crippen LogP contribution is 2.14. The zero-order valence-corrected chi connectivity index (χ0v) is 13.1. The van der Waals surface area contributed by atoms with Crippen molar-refractivity contribution in [2.45, 2.75) is 51.0 Å². The summed E-state index contributed by atoms with van der Waals surface area (Å²) in [5.41, 5.74) is 0. The molecule has 0 aromatic heterocycles. The summed E-state index contributed by atoms with van der Waals surface area (Å²) in [7, 11) is 0. The molecular weight excluding hydrogens is 268 g/mol. The summed E-state index contributed by atoms with van der Waals surface area (Å²) in [6.45, 7) is 7.83. The molecule has 1 aliphatic rings. The van der Waals surface area contributed by atoms with Gasteiger partial charge in [0.2, 0.25) is 0 Å². The molecular formula is C16H30N2O3. The molecule has 21 heavy (non-hydrogen) atoms. The topological polar surface area (TPSA) is 61.8 Å². The van der Waals surface area contributed by atoms with E-state index in [0.717, 1.165) is 45.4 Å². The standard InChI is InChI=1S/C16H30N2O3/c1-2-3-10-17-11-6-4-5-7-14-21-15-8-12-18(13-9-15)16(19)20/h2,15,17H,1,3-14H2,(H,19,20). The molecule has 1 amide bonds. The number of carboxylic acid groups (broad SMARTS) is 1. The van der Waals surface area contributed by atoms with Crippen LogP contribution in [0.5, 0.6) is 0 Å². The van der Waals surface area contributed by atoms with Gasteiger partial charge < -0.3 is 20.1 Å². The Labute approximate surface area is 128 Å². The fourth-order valence-corrected chi connectivity index (χ4v) is 2.50. The number of amides is 1. The Kier molecular flexibility index (Phi) is 9.91. The Bertz CT molecular complexity index is 289. The van der Waals surface area contributed by atoms with Gasteiger partial charge in [0.15, 0.2) is 0 Å². The molecule has 2 N–H and O–H groups in total. The molecule has 1 saturated heterocycles. The number of piperidine rings is 1. The van der Waals surface area contributed by atoms with Crippen molar-refractivity contribution in [2.75, 3.05) is 32.8 Å². The van der Waals surface area contributed by atoms with E-state index in [-0.39, 0.29) is 6.10 Å². The normalized spacial score (nSPS) is 16.1. The Morgan fingerprint density at radius 3 is 2.62 bits per heavy atom. The second kappa shape index (κ2) is 11.6. The lowest BCUT2D eigenvalue weighted by Crippen LogP contribution is -2.40. The minimum Gasteiger partial charge on any atom is -0.465 e. The first-order chi connectivity index (χ1) is 10.2. The average Bonchev–Trinajstić information content (AvgIpc) is 2.49. The average molecular weight is 298 g/mol. The van der Waals surface area contributed by atoms with E-state index in [9.17, 15) is 4.79 Å². The predicted octanol–water partition coefficient (Wildman–Crippen LogP) is 2.87. The Morgan fingerprint density at radius 1 is 1.24 bits per heavy atom. The fourth-order valence-electron chi connectivity index (χ4n) is 2.50. The van der Waals surface area contributed by atoms with Crippen molar-refractivity contribution in [3.63, 3.8) is 0 Å². The lowest BCUT2D eigenvalue weighted by molar-refractivity contribution is 0.00850. The molecule has 1 aliphatic heterocycles. The molecule has 0 atom stereocenters.